The first-order valence-electron chi connectivity index (χ1n) is 3.13. The summed E-state index contributed by atoms with van der Waals surface area (Å²) >= 11 is 3.14. The van der Waals surface area contributed by atoms with Gasteiger partial charge in [-0.1, -0.05) is 0 Å². The smallest absolute Gasteiger partial charge is 0.140 e. The largest absolute Gasteiger partial charge is 0.506 e. The van der Waals surface area contributed by atoms with E-state index in [2.05, 4.69) is 20.9 Å². The Kier molecular flexibility index (Phi) is 2.46. The summed E-state index contributed by atoms with van der Waals surface area (Å²) in [5.41, 5.74) is 0.299. The van der Waals surface area contributed by atoms with E-state index in [4.69, 9.17) is 5.11 Å². The lowest BCUT2D eigenvalue weighted by atomic mass is 10.2. The van der Waals surface area contributed by atoms with Crippen LogP contribution < -0.4 is 0 Å². The van der Waals surface area contributed by atoms with E-state index < -0.39 is 6.10 Å². The standard InChI is InChI=1S/C7H8BrNO2/c1-4(10)7-6(11)2-5(8)3-9-7/h2-4,10-11H,1H3. The van der Waals surface area contributed by atoms with Crippen LogP contribution in [-0.2, 0) is 0 Å². The molecule has 0 aliphatic heterocycles. The van der Waals surface area contributed by atoms with Crippen molar-refractivity contribution in [3.8, 4) is 5.75 Å². The first-order valence-corrected chi connectivity index (χ1v) is 3.93. The lowest BCUT2D eigenvalue weighted by Gasteiger charge is -2.05. The van der Waals surface area contributed by atoms with Crippen LogP contribution in [0.25, 0.3) is 0 Å². The van der Waals surface area contributed by atoms with Crippen LogP contribution in [0, 0.1) is 0 Å². The van der Waals surface area contributed by atoms with Gasteiger partial charge in [0.25, 0.3) is 0 Å². The lowest BCUT2D eigenvalue weighted by molar-refractivity contribution is 0.189. The average molecular weight is 218 g/mol. The zero-order valence-corrected chi connectivity index (χ0v) is 7.54. The Morgan fingerprint density at radius 2 is 2.27 bits per heavy atom. The Balaban J connectivity index is 3.09. The van der Waals surface area contributed by atoms with Crippen LogP contribution in [0.3, 0.4) is 0 Å². The summed E-state index contributed by atoms with van der Waals surface area (Å²) in [5.74, 6) is 0.00868. The maximum atomic E-state index is 9.21. The number of hydrogen-bond acceptors (Lipinski definition) is 3. The molecule has 0 fully saturated rings. The Morgan fingerprint density at radius 1 is 1.64 bits per heavy atom. The normalized spacial score (nSPS) is 13.0. The highest BCUT2D eigenvalue weighted by Crippen LogP contribution is 2.24. The number of aliphatic hydroxyl groups is 1. The summed E-state index contributed by atoms with van der Waals surface area (Å²) in [6.45, 7) is 1.55. The molecule has 0 aromatic carbocycles. The van der Waals surface area contributed by atoms with Crippen molar-refractivity contribution in [3.05, 3.63) is 22.4 Å². The number of pyridine rings is 1. The third-order valence-corrected chi connectivity index (χ3v) is 1.69. The molecule has 0 aliphatic rings. The molecular weight excluding hydrogens is 210 g/mol. The Morgan fingerprint density at radius 3 is 2.73 bits per heavy atom. The molecule has 0 saturated heterocycles. The summed E-state index contributed by atoms with van der Waals surface area (Å²) in [6.07, 6.45) is 0.796. The van der Waals surface area contributed by atoms with Gasteiger partial charge in [0, 0.05) is 10.7 Å². The fourth-order valence-electron chi connectivity index (χ4n) is 0.761. The van der Waals surface area contributed by atoms with E-state index in [0.717, 1.165) is 0 Å². The monoisotopic (exact) mass is 217 g/mol. The average Bonchev–Trinajstić information content (AvgIpc) is 1.85. The maximum Gasteiger partial charge on any atom is 0.140 e. The van der Waals surface area contributed by atoms with Crippen molar-refractivity contribution in [1.82, 2.24) is 4.98 Å². The summed E-state index contributed by atoms with van der Waals surface area (Å²) in [6, 6.07) is 1.50. The summed E-state index contributed by atoms with van der Waals surface area (Å²) in [5, 5.41) is 18.3. The molecule has 3 nitrogen and oxygen atoms in total. The predicted octanol–water partition coefficient (Wildman–Crippen LogP) is 1.60. The van der Waals surface area contributed by atoms with E-state index in [9.17, 15) is 5.11 Å². The molecule has 1 rings (SSSR count). The topological polar surface area (TPSA) is 53.4 Å². The SMILES string of the molecule is CC(O)c1ncc(Br)cc1O. The summed E-state index contributed by atoms with van der Waals surface area (Å²) in [7, 11) is 0. The van der Waals surface area contributed by atoms with Gasteiger partial charge in [-0.3, -0.25) is 4.98 Å². The van der Waals surface area contributed by atoms with Crippen molar-refractivity contribution in [3.63, 3.8) is 0 Å². The molecule has 1 aromatic heterocycles. The van der Waals surface area contributed by atoms with Crippen LogP contribution in [0.2, 0.25) is 0 Å². The number of aromatic hydroxyl groups is 1. The molecule has 4 heteroatoms. The van der Waals surface area contributed by atoms with Crippen molar-refractivity contribution in [1.29, 1.82) is 0 Å². The van der Waals surface area contributed by atoms with Crippen LogP contribution >= 0.6 is 15.9 Å². The van der Waals surface area contributed by atoms with E-state index in [1.165, 1.54) is 12.3 Å². The van der Waals surface area contributed by atoms with Crippen molar-refractivity contribution in [2.24, 2.45) is 0 Å². The second-order valence-corrected chi connectivity index (χ2v) is 3.15. The van der Waals surface area contributed by atoms with Crippen molar-refractivity contribution >= 4 is 15.9 Å². The van der Waals surface area contributed by atoms with Gasteiger partial charge < -0.3 is 10.2 Å². The molecule has 1 atom stereocenters. The Labute approximate surface area is 72.8 Å². The number of rotatable bonds is 1. The molecule has 1 heterocycles. The van der Waals surface area contributed by atoms with Gasteiger partial charge in [0.05, 0.1) is 6.10 Å². The van der Waals surface area contributed by atoms with Gasteiger partial charge in [-0.05, 0) is 28.9 Å². The van der Waals surface area contributed by atoms with E-state index in [0.29, 0.717) is 10.2 Å². The fourth-order valence-corrected chi connectivity index (χ4v) is 1.08. The van der Waals surface area contributed by atoms with E-state index >= 15 is 0 Å². The predicted molar refractivity (Wildman–Crippen MR) is 44.2 cm³/mol. The lowest BCUT2D eigenvalue weighted by Crippen LogP contribution is -1.94. The highest BCUT2D eigenvalue weighted by Gasteiger charge is 2.08. The van der Waals surface area contributed by atoms with Crippen LogP contribution in [0.4, 0.5) is 0 Å². The molecular formula is C7H8BrNO2. The minimum Gasteiger partial charge on any atom is -0.506 e. The van der Waals surface area contributed by atoms with Crippen LogP contribution in [0.5, 0.6) is 5.75 Å². The quantitative estimate of drug-likeness (QED) is 0.752. The van der Waals surface area contributed by atoms with Crippen LogP contribution in [0.1, 0.15) is 18.7 Å². The van der Waals surface area contributed by atoms with Gasteiger partial charge >= 0.3 is 0 Å². The molecule has 60 valence electrons. The van der Waals surface area contributed by atoms with Crippen molar-refractivity contribution in [2.45, 2.75) is 13.0 Å². The number of halogens is 1. The molecule has 0 amide bonds. The van der Waals surface area contributed by atoms with Gasteiger partial charge in [-0.15, -0.1) is 0 Å². The van der Waals surface area contributed by atoms with E-state index in [1.807, 2.05) is 0 Å². The molecule has 0 spiro atoms. The van der Waals surface area contributed by atoms with Gasteiger partial charge in [0.15, 0.2) is 0 Å². The van der Waals surface area contributed by atoms with Gasteiger partial charge in [0.1, 0.15) is 11.4 Å². The van der Waals surface area contributed by atoms with Gasteiger partial charge in [0.2, 0.25) is 0 Å². The highest BCUT2D eigenvalue weighted by atomic mass is 79.9. The third kappa shape index (κ3) is 1.91. The fraction of sp³-hybridized carbons (Fsp3) is 0.286. The maximum absolute atomic E-state index is 9.21. The van der Waals surface area contributed by atoms with Crippen LogP contribution in [-0.4, -0.2) is 15.2 Å². The molecule has 0 aliphatic carbocycles. The van der Waals surface area contributed by atoms with Gasteiger partial charge in [-0.25, -0.2) is 0 Å². The van der Waals surface area contributed by atoms with Crippen molar-refractivity contribution < 1.29 is 10.2 Å². The third-order valence-electron chi connectivity index (χ3n) is 1.26. The van der Waals surface area contributed by atoms with E-state index in [-0.39, 0.29) is 5.75 Å². The molecule has 1 unspecified atom stereocenters. The van der Waals surface area contributed by atoms with E-state index in [1.54, 1.807) is 6.92 Å². The molecule has 1 aromatic rings. The highest BCUT2D eigenvalue weighted by molar-refractivity contribution is 9.10. The number of hydrogen-bond donors (Lipinski definition) is 2. The number of nitrogens with zero attached hydrogens (tertiary/aromatic N) is 1. The minimum absolute atomic E-state index is 0.00868. The van der Waals surface area contributed by atoms with Gasteiger partial charge in [-0.2, -0.15) is 0 Å². The molecule has 0 bridgehead atoms. The summed E-state index contributed by atoms with van der Waals surface area (Å²) < 4.78 is 0.694. The molecule has 11 heavy (non-hydrogen) atoms. The zero-order valence-electron chi connectivity index (χ0n) is 5.95. The zero-order chi connectivity index (χ0) is 8.43. The van der Waals surface area contributed by atoms with Crippen LogP contribution in [0.15, 0.2) is 16.7 Å². The first-order chi connectivity index (χ1) is 5.11. The molecule has 2 N–H and O–H groups in total. The molecule has 0 saturated carbocycles. The number of aliphatic hydroxyl groups excluding tert-OH is 1. The Hall–Kier alpha value is -0.610. The second-order valence-electron chi connectivity index (χ2n) is 2.23. The second kappa shape index (κ2) is 3.19. The molecule has 0 radical (unpaired) electrons. The number of aromatic nitrogens is 1. The Bertz CT molecular complexity index is 263. The first kappa shape index (κ1) is 8.49. The summed E-state index contributed by atoms with van der Waals surface area (Å²) in [4.78, 5) is 3.83. The van der Waals surface area contributed by atoms with Crippen molar-refractivity contribution in [2.75, 3.05) is 0 Å². The minimum atomic E-state index is -0.733.